The molecule has 0 saturated carbocycles. The number of ether oxygens (including phenoxy) is 1. The SMILES string of the molecule is CCC(C)c1ccccc1OCC(=O)Nc1ccc2nc[nH]c(=O)c2c1. The van der Waals surface area contributed by atoms with E-state index in [2.05, 4.69) is 29.1 Å². The van der Waals surface area contributed by atoms with Crippen molar-refractivity contribution in [2.45, 2.75) is 26.2 Å². The Bertz CT molecular complexity index is 981. The second-order valence-electron chi connectivity index (χ2n) is 6.15. The van der Waals surface area contributed by atoms with E-state index in [0.29, 0.717) is 22.5 Å². The minimum Gasteiger partial charge on any atom is -0.483 e. The molecule has 0 aliphatic carbocycles. The largest absolute Gasteiger partial charge is 0.483 e. The Morgan fingerprint density at radius 1 is 1.27 bits per heavy atom. The summed E-state index contributed by atoms with van der Waals surface area (Å²) >= 11 is 0. The van der Waals surface area contributed by atoms with Gasteiger partial charge in [-0.1, -0.05) is 32.0 Å². The average molecular weight is 351 g/mol. The van der Waals surface area contributed by atoms with Gasteiger partial charge in [-0.15, -0.1) is 0 Å². The zero-order valence-electron chi connectivity index (χ0n) is 14.8. The van der Waals surface area contributed by atoms with Crippen molar-refractivity contribution in [1.29, 1.82) is 0 Å². The van der Waals surface area contributed by atoms with Crippen LogP contribution in [0.15, 0.2) is 53.6 Å². The van der Waals surface area contributed by atoms with Gasteiger partial charge in [-0.25, -0.2) is 4.98 Å². The lowest BCUT2D eigenvalue weighted by molar-refractivity contribution is -0.118. The number of aromatic amines is 1. The number of nitrogens with zero attached hydrogens (tertiary/aromatic N) is 1. The van der Waals surface area contributed by atoms with Gasteiger partial charge in [-0.05, 0) is 42.2 Å². The van der Waals surface area contributed by atoms with E-state index in [9.17, 15) is 9.59 Å². The number of nitrogens with one attached hydrogen (secondary N) is 2. The molecule has 0 aliphatic rings. The van der Waals surface area contributed by atoms with Crippen LogP contribution in [0.5, 0.6) is 5.75 Å². The second kappa shape index (κ2) is 7.82. The summed E-state index contributed by atoms with van der Waals surface area (Å²) in [6.45, 7) is 4.14. The molecule has 0 radical (unpaired) electrons. The maximum Gasteiger partial charge on any atom is 0.262 e. The Hall–Kier alpha value is -3.15. The van der Waals surface area contributed by atoms with Gasteiger partial charge in [0.1, 0.15) is 5.75 Å². The predicted molar refractivity (Wildman–Crippen MR) is 102 cm³/mol. The van der Waals surface area contributed by atoms with Gasteiger partial charge >= 0.3 is 0 Å². The molecule has 1 heterocycles. The summed E-state index contributed by atoms with van der Waals surface area (Å²) in [5.41, 5.74) is 1.95. The van der Waals surface area contributed by atoms with Crippen LogP contribution in [-0.4, -0.2) is 22.5 Å². The fourth-order valence-electron chi connectivity index (χ4n) is 2.73. The van der Waals surface area contributed by atoms with Gasteiger partial charge in [0.25, 0.3) is 11.5 Å². The van der Waals surface area contributed by atoms with Crippen LogP contribution in [0.4, 0.5) is 5.69 Å². The van der Waals surface area contributed by atoms with Crippen LogP contribution in [0.25, 0.3) is 10.9 Å². The number of aromatic nitrogens is 2. The molecule has 2 N–H and O–H groups in total. The first-order valence-electron chi connectivity index (χ1n) is 8.57. The van der Waals surface area contributed by atoms with Crippen LogP contribution < -0.4 is 15.6 Å². The van der Waals surface area contributed by atoms with Gasteiger partial charge in [0, 0.05) is 5.69 Å². The van der Waals surface area contributed by atoms with E-state index in [1.54, 1.807) is 18.2 Å². The molecular weight excluding hydrogens is 330 g/mol. The molecule has 6 nitrogen and oxygen atoms in total. The molecule has 1 unspecified atom stereocenters. The average Bonchev–Trinajstić information content (AvgIpc) is 2.66. The summed E-state index contributed by atoms with van der Waals surface area (Å²) in [4.78, 5) is 30.6. The molecular formula is C20H21N3O3. The number of amides is 1. The molecule has 3 rings (SSSR count). The summed E-state index contributed by atoms with van der Waals surface area (Å²) in [5.74, 6) is 0.786. The summed E-state index contributed by atoms with van der Waals surface area (Å²) < 4.78 is 5.71. The van der Waals surface area contributed by atoms with Gasteiger partial charge in [0.2, 0.25) is 0 Å². The highest BCUT2D eigenvalue weighted by atomic mass is 16.5. The van der Waals surface area contributed by atoms with Crippen molar-refractivity contribution in [3.63, 3.8) is 0 Å². The van der Waals surface area contributed by atoms with E-state index in [-0.39, 0.29) is 18.1 Å². The minimum atomic E-state index is -0.288. The molecule has 3 aromatic rings. The number of rotatable bonds is 6. The van der Waals surface area contributed by atoms with E-state index in [0.717, 1.165) is 17.7 Å². The van der Waals surface area contributed by atoms with Crippen molar-refractivity contribution in [3.8, 4) is 5.75 Å². The van der Waals surface area contributed by atoms with Crippen molar-refractivity contribution in [2.75, 3.05) is 11.9 Å². The number of para-hydroxylation sites is 1. The normalized spacial score (nSPS) is 11.9. The van der Waals surface area contributed by atoms with Crippen LogP contribution in [0.1, 0.15) is 31.7 Å². The molecule has 0 fully saturated rings. The van der Waals surface area contributed by atoms with Gasteiger partial charge < -0.3 is 15.0 Å². The zero-order chi connectivity index (χ0) is 18.5. The third-order valence-electron chi connectivity index (χ3n) is 4.35. The van der Waals surface area contributed by atoms with Gasteiger partial charge in [0.15, 0.2) is 6.61 Å². The van der Waals surface area contributed by atoms with Crippen molar-refractivity contribution in [2.24, 2.45) is 0 Å². The highest BCUT2D eigenvalue weighted by Gasteiger charge is 2.11. The molecule has 0 saturated heterocycles. The van der Waals surface area contributed by atoms with E-state index < -0.39 is 0 Å². The van der Waals surface area contributed by atoms with Crippen molar-refractivity contribution in [1.82, 2.24) is 9.97 Å². The number of carbonyl (C=O) groups is 1. The molecule has 6 heteroatoms. The summed E-state index contributed by atoms with van der Waals surface area (Å²) in [5, 5.41) is 3.17. The molecule has 2 aromatic carbocycles. The first-order chi connectivity index (χ1) is 12.6. The number of H-pyrrole nitrogens is 1. The molecule has 0 bridgehead atoms. The molecule has 1 amide bonds. The summed E-state index contributed by atoms with van der Waals surface area (Å²) in [6, 6.07) is 12.8. The van der Waals surface area contributed by atoms with Crippen LogP contribution in [0.3, 0.4) is 0 Å². The van der Waals surface area contributed by atoms with Crippen molar-refractivity contribution < 1.29 is 9.53 Å². The fourth-order valence-corrected chi connectivity index (χ4v) is 2.73. The monoisotopic (exact) mass is 351 g/mol. The maximum absolute atomic E-state index is 12.2. The quantitative estimate of drug-likeness (QED) is 0.712. The van der Waals surface area contributed by atoms with Crippen molar-refractivity contribution in [3.05, 3.63) is 64.7 Å². The Morgan fingerprint density at radius 3 is 2.88 bits per heavy atom. The Balaban J connectivity index is 1.69. The first-order valence-corrected chi connectivity index (χ1v) is 8.57. The highest BCUT2D eigenvalue weighted by Crippen LogP contribution is 2.28. The predicted octanol–water partition coefficient (Wildman–Crippen LogP) is 3.45. The molecule has 26 heavy (non-hydrogen) atoms. The second-order valence-corrected chi connectivity index (χ2v) is 6.15. The Kier molecular flexibility index (Phi) is 5.31. The van der Waals surface area contributed by atoms with Crippen molar-refractivity contribution >= 4 is 22.5 Å². The van der Waals surface area contributed by atoms with Gasteiger partial charge in [-0.2, -0.15) is 0 Å². The maximum atomic E-state index is 12.2. The van der Waals surface area contributed by atoms with Crippen LogP contribution in [0, 0.1) is 0 Å². The number of carbonyl (C=O) groups excluding carboxylic acids is 1. The molecule has 1 atom stereocenters. The van der Waals surface area contributed by atoms with Crippen LogP contribution in [-0.2, 0) is 4.79 Å². The standard InChI is InChI=1S/C20H21N3O3/c1-3-13(2)15-6-4-5-7-18(15)26-11-19(24)23-14-8-9-17-16(10-14)20(25)22-12-21-17/h4-10,12-13H,3,11H2,1-2H3,(H,23,24)(H,21,22,25). The molecule has 134 valence electrons. The number of benzene rings is 2. The van der Waals surface area contributed by atoms with E-state index in [1.165, 1.54) is 6.33 Å². The lowest BCUT2D eigenvalue weighted by atomic mass is 9.98. The highest BCUT2D eigenvalue weighted by molar-refractivity contribution is 5.94. The van der Waals surface area contributed by atoms with Gasteiger partial charge in [0.05, 0.1) is 17.2 Å². The van der Waals surface area contributed by atoms with Crippen LogP contribution >= 0.6 is 0 Å². The minimum absolute atomic E-state index is 0.102. The van der Waals surface area contributed by atoms with E-state index >= 15 is 0 Å². The number of hydrogen-bond donors (Lipinski definition) is 2. The molecule has 0 spiro atoms. The molecule has 0 aliphatic heterocycles. The summed E-state index contributed by atoms with van der Waals surface area (Å²) in [7, 11) is 0. The number of fused-ring (bicyclic) bond motifs is 1. The smallest absolute Gasteiger partial charge is 0.262 e. The van der Waals surface area contributed by atoms with E-state index in [1.807, 2.05) is 24.3 Å². The topological polar surface area (TPSA) is 84.1 Å². The third kappa shape index (κ3) is 3.91. The van der Waals surface area contributed by atoms with E-state index in [4.69, 9.17) is 4.74 Å². The lowest BCUT2D eigenvalue weighted by Gasteiger charge is -2.15. The number of hydrogen-bond acceptors (Lipinski definition) is 4. The van der Waals surface area contributed by atoms with Crippen LogP contribution in [0.2, 0.25) is 0 Å². The fraction of sp³-hybridized carbons (Fsp3) is 0.250. The zero-order valence-corrected chi connectivity index (χ0v) is 14.8. The third-order valence-corrected chi connectivity index (χ3v) is 4.35. The summed E-state index contributed by atoms with van der Waals surface area (Å²) in [6.07, 6.45) is 2.34. The first kappa shape index (κ1) is 17.7. The Morgan fingerprint density at radius 2 is 2.08 bits per heavy atom. The molecule has 1 aromatic heterocycles. The Labute approximate surface area is 151 Å². The van der Waals surface area contributed by atoms with Gasteiger partial charge in [-0.3, -0.25) is 9.59 Å². The lowest BCUT2D eigenvalue weighted by Crippen LogP contribution is -2.21. The number of anilines is 1.